The Kier molecular flexibility index (Phi) is 5.41. The Morgan fingerprint density at radius 3 is 2.38 bits per heavy atom. The molecule has 2 aromatic rings. The summed E-state index contributed by atoms with van der Waals surface area (Å²) in [6, 6.07) is 2.51. The van der Waals surface area contributed by atoms with E-state index in [0.29, 0.717) is 4.47 Å². The minimum Gasteiger partial charge on any atom is -0.351 e. The number of nitrogens with zero attached hydrogens (tertiary/aromatic N) is 1. The molecule has 0 saturated carbocycles. The molecule has 9 nitrogen and oxygen atoms in total. The highest BCUT2D eigenvalue weighted by Gasteiger charge is 2.19. The molecule has 2 rings (SSSR count). The van der Waals surface area contributed by atoms with Crippen LogP contribution >= 0.6 is 27.3 Å². The summed E-state index contributed by atoms with van der Waals surface area (Å²) in [4.78, 5) is 27.4. The van der Waals surface area contributed by atoms with E-state index in [9.17, 15) is 18.0 Å². The topological polar surface area (TPSA) is 143 Å². The van der Waals surface area contributed by atoms with Gasteiger partial charge in [0.2, 0.25) is 0 Å². The third kappa shape index (κ3) is 4.91. The van der Waals surface area contributed by atoms with Gasteiger partial charge in [0.25, 0.3) is 10.0 Å². The van der Waals surface area contributed by atoms with E-state index in [4.69, 9.17) is 5.73 Å². The number of carbonyl (C=O) groups is 2. The second-order valence-corrected chi connectivity index (χ2v) is 8.21. The van der Waals surface area contributed by atoms with Crippen molar-refractivity contribution in [3.8, 4) is 0 Å². The number of halogens is 1. The Bertz CT molecular complexity index is 897. The zero-order valence-electron chi connectivity index (χ0n) is 12.2. The third-order valence-electron chi connectivity index (χ3n) is 2.53. The first-order chi connectivity index (χ1) is 11.2. The van der Waals surface area contributed by atoms with Gasteiger partial charge in [-0.15, -0.1) is 11.3 Å². The number of aromatic nitrogens is 1. The van der Waals surface area contributed by atoms with Crippen molar-refractivity contribution in [3.05, 3.63) is 32.9 Å². The molecular formula is C12H12BrN5O4S2. The van der Waals surface area contributed by atoms with Gasteiger partial charge in [-0.2, -0.15) is 0 Å². The van der Waals surface area contributed by atoms with Crippen LogP contribution in [0, 0.1) is 6.92 Å². The number of thiophene rings is 1. The minimum absolute atomic E-state index is 0.00145. The molecule has 0 saturated heterocycles. The highest BCUT2D eigenvalue weighted by atomic mass is 79.9. The number of hydrogen-bond acceptors (Lipinski definition) is 6. The van der Waals surface area contributed by atoms with Gasteiger partial charge >= 0.3 is 12.1 Å². The van der Waals surface area contributed by atoms with Gasteiger partial charge in [0, 0.05) is 14.7 Å². The summed E-state index contributed by atoms with van der Waals surface area (Å²) in [6.45, 7) is 1.75. The van der Waals surface area contributed by atoms with Crippen LogP contribution in [0.15, 0.2) is 32.9 Å². The number of rotatable bonds is 4. The molecule has 24 heavy (non-hydrogen) atoms. The molecule has 0 aliphatic carbocycles. The van der Waals surface area contributed by atoms with E-state index in [2.05, 4.69) is 31.5 Å². The van der Waals surface area contributed by atoms with E-state index in [0.717, 1.165) is 4.88 Å². The van der Waals surface area contributed by atoms with Gasteiger partial charge in [0.05, 0.1) is 4.90 Å². The molecule has 0 unspecified atom stereocenters. The molecule has 2 aromatic heterocycles. The number of carbonyl (C=O) groups excluding carboxylic acids is 2. The van der Waals surface area contributed by atoms with Crippen LogP contribution in [0.25, 0.3) is 0 Å². The van der Waals surface area contributed by atoms with Crippen molar-refractivity contribution in [2.24, 2.45) is 5.73 Å². The normalized spacial score (nSPS) is 10.9. The highest BCUT2D eigenvalue weighted by molar-refractivity contribution is 9.10. The summed E-state index contributed by atoms with van der Waals surface area (Å²) in [6.07, 6.45) is 0. The zero-order chi connectivity index (χ0) is 17.9. The molecule has 0 aromatic carbocycles. The van der Waals surface area contributed by atoms with Crippen LogP contribution in [0.2, 0.25) is 0 Å². The number of urea groups is 2. The van der Waals surface area contributed by atoms with Crippen LogP contribution in [0.1, 0.15) is 4.88 Å². The summed E-state index contributed by atoms with van der Waals surface area (Å²) < 4.78 is 26.5. The molecule has 12 heteroatoms. The average Bonchev–Trinajstić information content (AvgIpc) is 2.83. The fourth-order valence-corrected chi connectivity index (χ4v) is 4.10. The predicted octanol–water partition coefficient (Wildman–Crippen LogP) is 2.22. The first-order valence-corrected chi connectivity index (χ1v) is 9.44. The van der Waals surface area contributed by atoms with Gasteiger partial charge < -0.3 is 5.73 Å². The third-order valence-corrected chi connectivity index (χ3v) is 5.31. The molecule has 0 radical (unpaired) electrons. The molecule has 0 aliphatic rings. The number of pyridine rings is 1. The number of nitrogens with one attached hydrogen (secondary N) is 3. The van der Waals surface area contributed by atoms with Gasteiger partial charge in [-0.25, -0.2) is 27.7 Å². The molecule has 0 atom stereocenters. The Balaban J connectivity index is 2.12. The molecule has 0 fully saturated rings. The Morgan fingerprint density at radius 2 is 1.83 bits per heavy atom. The van der Waals surface area contributed by atoms with E-state index in [1.54, 1.807) is 6.92 Å². The van der Waals surface area contributed by atoms with Crippen molar-refractivity contribution in [3.63, 3.8) is 0 Å². The van der Waals surface area contributed by atoms with Gasteiger partial charge in [-0.05, 0) is 25.1 Å². The monoisotopic (exact) mass is 433 g/mol. The lowest BCUT2D eigenvalue weighted by Crippen LogP contribution is -2.34. The smallest absolute Gasteiger partial charge is 0.334 e. The highest BCUT2D eigenvalue weighted by Crippen LogP contribution is 2.20. The molecule has 0 aliphatic heterocycles. The first kappa shape index (κ1) is 18.2. The molecular weight excluding hydrogens is 422 g/mol. The number of amides is 4. The van der Waals surface area contributed by atoms with Crippen LogP contribution in [0.4, 0.5) is 21.2 Å². The lowest BCUT2D eigenvalue weighted by Gasteiger charge is -2.09. The lowest BCUT2D eigenvalue weighted by molar-refractivity contribution is 0.256. The van der Waals surface area contributed by atoms with Crippen molar-refractivity contribution in [2.75, 3.05) is 10.6 Å². The molecule has 2 heterocycles. The predicted molar refractivity (Wildman–Crippen MR) is 93.5 cm³/mol. The van der Waals surface area contributed by atoms with E-state index in [1.807, 2.05) is 4.72 Å². The van der Waals surface area contributed by atoms with Gasteiger partial charge in [-0.3, -0.25) is 10.6 Å². The van der Waals surface area contributed by atoms with Crippen LogP contribution < -0.4 is 21.1 Å². The fourth-order valence-electron chi connectivity index (χ4n) is 1.63. The van der Waals surface area contributed by atoms with E-state index in [1.165, 1.54) is 34.9 Å². The van der Waals surface area contributed by atoms with Crippen LogP contribution in [0.5, 0.6) is 0 Å². The Morgan fingerprint density at radius 1 is 1.21 bits per heavy atom. The summed E-state index contributed by atoms with van der Waals surface area (Å²) in [5.74, 6) is 0.103. The maximum atomic E-state index is 12.1. The second-order valence-electron chi connectivity index (χ2n) is 4.50. The number of primary amides is 1. The van der Waals surface area contributed by atoms with Gasteiger partial charge in [-0.1, -0.05) is 15.9 Å². The Hall–Kier alpha value is -2.18. The Labute approximate surface area is 149 Å². The summed E-state index contributed by atoms with van der Waals surface area (Å²) >= 11 is 4.42. The summed E-state index contributed by atoms with van der Waals surface area (Å²) in [5.41, 5.74) is 4.99. The van der Waals surface area contributed by atoms with E-state index < -0.39 is 22.1 Å². The average molecular weight is 434 g/mol. The maximum Gasteiger partial charge on any atom is 0.334 e. The maximum absolute atomic E-state index is 12.1. The second kappa shape index (κ2) is 7.15. The van der Waals surface area contributed by atoms with Crippen molar-refractivity contribution in [2.45, 2.75) is 11.8 Å². The lowest BCUT2D eigenvalue weighted by atomic mass is 10.4. The molecule has 128 valence electrons. The van der Waals surface area contributed by atoms with Crippen LogP contribution in [-0.2, 0) is 10.0 Å². The fraction of sp³-hybridized carbons (Fsp3) is 0.0833. The van der Waals surface area contributed by atoms with Gasteiger partial charge in [0.1, 0.15) is 11.6 Å². The van der Waals surface area contributed by atoms with E-state index >= 15 is 0 Å². The van der Waals surface area contributed by atoms with Crippen molar-refractivity contribution >= 4 is 61.0 Å². The summed E-state index contributed by atoms with van der Waals surface area (Å²) in [7, 11) is -3.98. The molecule has 0 bridgehead atoms. The molecule has 0 spiro atoms. The number of nitrogens with two attached hydrogens (primary N) is 1. The SMILES string of the molecule is Cc1cc(S(=O)(=O)NC(=O)Nc2cc(Br)cc(NC(N)=O)n2)cs1. The zero-order valence-corrected chi connectivity index (χ0v) is 15.4. The van der Waals surface area contributed by atoms with Crippen LogP contribution in [-0.4, -0.2) is 25.5 Å². The minimum atomic E-state index is -3.98. The quantitative estimate of drug-likeness (QED) is 0.584. The number of anilines is 2. The standard InChI is InChI=1S/C12H12BrN5O4S2/c1-6-2-8(5-23-6)24(21,22)18-12(20)17-10-4-7(13)3-9(15-10)16-11(14)19/h2-5H,1H3,(H5,14,15,16,17,18,19,20). The number of hydrogen-bond donors (Lipinski definition) is 4. The van der Waals surface area contributed by atoms with Crippen molar-refractivity contribution in [1.29, 1.82) is 0 Å². The van der Waals surface area contributed by atoms with E-state index in [-0.39, 0.29) is 16.5 Å². The van der Waals surface area contributed by atoms with Gasteiger partial charge in [0.15, 0.2) is 0 Å². The number of sulfonamides is 1. The van der Waals surface area contributed by atoms with Crippen molar-refractivity contribution in [1.82, 2.24) is 9.71 Å². The summed E-state index contributed by atoms with van der Waals surface area (Å²) in [5, 5.41) is 5.94. The van der Waals surface area contributed by atoms with Crippen molar-refractivity contribution < 1.29 is 18.0 Å². The first-order valence-electron chi connectivity index (χ1n) is 6.29. The number of aryl methyl sites for hydroxylation is 1. The largest absolute Gasteiger partial charge is 0.351 e. The molecule has 4 amide bonds. The molecule has 5 N–H and O–H groups in total. The van der Waals surface area contributed by atoms with Crippen LogP contribution in [0.3, 0.4) is 0 Å².